The lowest BCUT2D eigenvalue weighted by molar-refractivity contribution is 0.597. The Balaban J connectivity index is 1.99. The number of pyridine rings is 1. The van der Waals surface area contributed by atoms with Crippen LogP contribution in [0.15, 0.2) is 64.5 Å². The van der Waals surface area contributed by atoms with E-state index in [-0.39, 0.29) is 31.8 Å². The van der Waals surface area contributed by atoms with Gasteiger partial charge >= 0.3 is 0 Å². The molecule has 3 aromatic heterocycles. The fraction of sp³-hybridized carbons (Fsp3) is 0.0500. The molecule has 0 aliphatic heterocycles. The number of fused-ring (bicyclic) bond motifs is 4. The number of hydrogen-bond donors (Lipinski definition) is 1. The molecule has 0 saturated heterocycles. The summed E-state index contributed by atoms with van der Waals surface area (Å²) in [4.78, 5) is 13.4. The van der Waals surface area contributed by atoms with Gasteiger partial charge in [-0.15, -0.1) is 0 Å². The Hall–Kier alpha value is -3.23. The van der Waals surface area contributed by atoms with Crippen LogP contribution in [0.4, 0.5) is 5.69 Å². The first-order valence-corrected chi connectivity index (χ1v) is 10.6. The van der Waals surface area contributed by atoms with E-state index in [2.05, 4.69) is 15.0 Å². The molecule has 2 aromatic carbocycles. The van der Waals surface area contributed by atoms with Crippen LogP contribution in [-0.2, 0) is 9.84 Å². The summed E-state index contributed by atoms with van der Waals surface area (Å²) in [5.41, 5.74) is 9.12. The maximum absolute atomic E-state index is 13.5. The molecule has 0 saturated carbocycles. The van der Waals surface area contributed by atoms with Crippen LogP contribution >= 0.6 is 11.6 Å². The largest absolute Gasteiger partial charge is 0.395 e. The lowest BCUT2D eigenvalue weighted by atomic mass is 10.2. The van der Waals surface area contributed by atoms with E-state index in [0.29, 0.717) is 16.7 Å². The fourth-order valence-corrected chi connectivity index (χ4v) is 5.03. The maximum Gasteiger partial charge on any atom is 0.211 e. The Bertz CT molecular complexity index is 1540. The number of rotatable bonds is 2. The van der Waals surface area contributed by atoms with E-state index in [4.69, 9.17) is 17.3 Å². The average Bonchev–Trinajstić information content (AvgIpc) is 3.09. The van der Waals surface area contributed by atoms with Crippen molar-refractivity contribution in [2.75, 3.05) is 5.73 Å². The lowest BCUT2D eigenvalue weighted by Gasteiger charge is -2.13. The SMILES string of the molecule is Cc1ccc(S(=O)(=O)c2c(N)c3nc(Cl)cn3c3nc4ccccc4nc23)cc1. The van der Waals surface area contributed by atoms with E-state index >= 15 is 0 Å². The average molecular weight is 424 g/mol. The number of nitrogens with two attached hydrogens (primary N) is 1. The first-order chi connectivity index (χ1) is 13.9. The van der Waals surface area contributed by atoms with E-state index in [1.54, 1.807) is 47.0 Å². The van der Waals surface area contributed by atoms with Crippen LogP contribution in [0.25, 0.3) is 27.8 Å². The highest BCUT2D eigenvalue weighted by Gasteiger charge is 2.28. The zero-order chi connectivity index (χ0) is 20.3. The molecule has 0 spiro atoms. The summed E-state index contributed by atoms with van der Waals surface area (Å²) in [7, 11) is -3.99. The van der Waals surface area contributed by atoms with Gasteiger partial charge in [0.25, 0.3) is 0 Å². The highest BCUT2D eigenvalue weighted by molar-refractivity contribution is 7.92. The highest BCUT2D eigenvalue weighted by atomic mass is 35.5. The number of anilines is 1. The van der Waals surface area contributed by atoms with Gasteiger partial charge in [0.1, 0.15) is 15.6 Å². The minimum Gasteiger partial charge on any atom is -0.395 e. The molecule has 7 nitrogen and oxygen atoms in total. The van der Waals surface area contributed by atoms with Crippen LogP contribution in [0.1, 0.15) is 5.56 Å². The number of aromatic nitrogens is 4. The third kappa shape index (κ3) is 2.64. The van der Waals surface area contributed by atoms with E-state index in [1.807, 2.05) is 19.1 Å². The third-order valence-corrected chi connectivity index (χ3v) is 6.78. The van der Waals surface area contributed by atoms with Gasteiger partial charge in [-0.25, -0.2) is 23.4 Å². The van der Waals surface area contributed by atoms with Crippen molar-refractivity contribution in [1.29, 1.82) is 0 Å². The minimum absolute atomic E-state index is 0.0189. The van der Waals surface area contributed by atoms with Crippen LogP contribution < -0.4 is 5.73 Å². The topological polar surface area (TPSA) is 103 Å². The Morgan fingerprint density at radius 1 is 0.931 bits per heavy atom. The number of sulfone groups is 1. The van der Waals surface area contributed by atoms with Crippen LogP contribution in [0.5, 0.6) is 0 Å². The molecule has 2 N–H and O–H groups in total. The summed E-state index contributed by atoms with van der Waals surface area (Å²) in [6.07, 6.45) is 1.54. The Morgan fingerprint density at radius 2 is 1.59 bits per heavy atom. The van der Waals surface area contributed by atoms with Crippen molar-refractivity contribution in [2.45, 2.75) is 16.7 Å². The van der Waals surface area contributed by atoms with Gasteiger partial charge in [-0.3, -0.25) is 4.40 Å². The van der Waals surface area contributed by atoms with Crippen molar-refractivity contribution in [3.63, 3.8) is 0 Å². The normalized spacial score (nSPS) is 12.2. The second-order valence-electron chi connectivity index (χ2n) is 6.70. The predicted octanol–water partition coefficient (Wildman–Crippen LogP) is 3.81. The number of imidazole rings is 1. The number of benzene rings is 2. The standard InChI is InChI=1S/C20H14ClN5O2S/c1-11-6-8-12(9-7-11)29(27,28)18-16(22)19-25-15(21)10-26(19)20-17(18)23-13-4-2-3-5-14(13)24-20/h2-10H,22H2,1H3. The van der Waals surface area contributed by atoms with Crippen molar-refractivity contribution < 1.29 is 8.42 Å². The molecule has 0 aliphatic rings. The summed E-state index contributed by atoms with van der Waals surface area (Å²) in [5, 5.41) is 0.179. The Morgan fingerprint density at radius 3 is 2.28 bits per heavy atom. The molecule has 5 aromatic rings. The molecule has 29 heavy (non-hydrogen) atoms. The van der Waals surface area contributed by atoms with Crippen molar-refractivity contribution in [3.05, 3.63) is 65.4 Å². The van der Waals surface area contributed by atoms with Gasteiger partial charge in [0.2, 0.25) is 9.84 Å². The monoisotopic (exact) mass is 423 g/mol. The van der Waals surface area contributed by atoms with E-state index < -0.39 is 9.84 Å². The number of hydrogen-bond acceptors (Lipinski definition) is 6. The van der Waals surface area contributed by atoms with Gasteiger partial charge in [0, 0.05) is 0 Å². The molecular formula is C20H14ClN5O2S. The molecule has 0 fully saturated rings. The van der Waals surface area contributed by atoms with Crippen LogP contribution in [0.2, 0.25) is 5.15 Å². The van der Waals surface area contributed by atoms with Gasteiger partial charge in [-0.2, -0.15) is 0 Å². The van der Waals surface area contributed by atoms with Gasteiger partial charge in [-0.1, -0.05) is 41.4 Å². The molecule has 0 amide bonds. The molecule has 3 heterocycles. The van der Waals surface area contributed by atoms with Crippen LogP contribution in [0, 0.1) is 6.92 Å². The fourth-order valence-electron chi connectivity index (χ4n) is 3.35. The van der Waals surface area contributed by atoms with Crippen LogP contribution in [0.3, 0.4) is 0 Å². The smallest absolute Gasteiger partial charge is 0.211 e. The van der Waals surface area contributed by atoms with Crippen LogP contribution in [-0.4, -0.2) is 27.8 Å². The number of halogens is 1. The summed E-state index contributed by atoms with van der Waals surface area (Å²) in [5.74, 6) is 0. The zero-order valence-corrected chi connectivity index (χ0v) is 16.7. The summed E-state index contributed by atoms with van der Waals surface area (Å²) >= 11 is 6.09. The summed E-state index contributed by atoms with van der Waals surface area (Å²) in [6.45, 7) is 1.89. The molecule has 9 heteroatoms. The Kier molecular flexibility index (Phi) is 3.77. The molecule has 0 radical (unpaired) electrons. The van der Waals surface area contributed by atoms with Gasteiger partial charge in [0.15, 0.2) is 11.3 Å². The van der Waals surface area contributed by atoms with Crippen molar-refractivity contribution in [3.8, 4) is 0 Å². The lowest BCUT2D eigenvalue weighted by Crippen LogP contribution is -2.11. The molecule has 5 rings (SSSR count). The zero-order valence-electron chi connectivity index (χ0n) is 15.2. The highest BCUT2D eigenvalue weighted by Crippen LogP contribution is 2.35. The summed E-state index contributed by atoms with van der Waals surface area (Å²) < 4.78 is 28.7. The first-order valence-electron chi connectivity index (χ1n) is 8.70. The quantitative estimate of drug-likeness (QED) is 0.433. The van der Waals surface area contributed by atoms with Gasteiger partial charge in [0.05, 0.1) is 27.8 Å². The molecule has 0 unspecified atom stereocenters. The van der Waals surface area contributed by atoms with E-state index in [0.717, 1.165) is 5.56 Å². The molecule has 0 aliphatic carbocycles. The number of para-hydroxylation sites is 2. The van der Waals surface area contributed by atoms with Gasteiger partial charge in [-0.05, 0) is 31.2 Å². The number of nitrogen functional groups attached to an aromatic ring is 1. The number of aryl methyl sites for hydroxylation is 1. The van der Waals surface area contributed by atoms with Crippen molar-refractivity contribution in [2.24, 2.45) is 0 Å². The minimum atomic E-state index is -3.99. The maximum atomic E-state index is 13.5. The van der Waals surface area contributed by atoms with E-state index in [9.17, 15) is 8.42 Å². The number of nitrogens with zero attached hydrogens (tertiary/aromatic N) is 4. The predicted molar refractivity (Wildman–Crippen MR) is 112 cm³/mol. The summed E-state index contributed by atoms with van der Waals surface area (Å²) in [6, 6.07) is 13.8. The molecule has 0 bridgehead atoms. The third-order valence-electron chi connectivity index (χ3n) is 4.76. The van der Waals surface area contributed by atoms with Crippen molar-refractivity contribution in [1.82, 2.24) is 19.4 Å². The second kappa shape index (κ2) is 6.13. The molecule has 0 atom stereocenters. The van der Waals surface area contributed by atoms with Gasteiger partial charge < -0.3 is 5.73 Å². The second-order valence-corrected chi connectivity index (χ2v) is 8.97. The van der Waals surface area contributed by atoms with E-state index in [1.165, 1.54) is 0 Å². The Labute approximate surface area is 170 Å². The molecule has 144 valence electrons. The molecular weight excluding hydrogens is 410 g/mol. The first kappa shape index (κ1) is 17.8. The van der Waals surface area contributed by atoms with Crippen molar-refractivity contribution >= 4 is 55.0 Å².